The first-order chi connectivity index (χ1) is 9.10. The Hall–Kier alpha value is -1.35. The predicted molar refractivity (Wildman–Crippen MR) is 79.1 cm³/mol. The van der Waals surface area contributed by atoms with Crippen LogP contribution in [0.5, 0.6) is 0 Å². The van der Waals surface area contributed by atoms with Gasteiger partial charge in [-0.3, -0.25) is 9.11 Å². The monoisotopic (exact) mass is 306 g/mol. The molecule has 7 nitrogen and oxygen atoms in total. The molecule has 0 aliphatic carbocycles. The fourth-order valence-corrected chi connectivity index (χ4v) is 1.62. The van der Waals surface area contributed by atoms with E-state index in [4.69, 9.17) is 23.3 Å². The average molecular weight is 306 g/mol. The lowest BCUT2D eigenvalue weighted by Crippen LogP contribution is -2.34. The highest BCUT2D eigenvalue weighted by molar-refractivity contribution is 7.79. The molecular formula is C12H22N2O5S. The standard InChI is InChI=1S/C12H20N2O.H2O4S/c1-4-12(15)14(5-2)10-6-7-11(13)9(3)8-10;1-5(2,3)4/h6-8,12,15H,4-5,13H2,1-3H3;(H2,1,2,3,4). The van der Waals surface area contributed by atoms with Crippen molar-refractivity contribution in [2.75, 3.05) is 17.2 Å². The van der Waals surface area contributed by atoms with Gasteiger partial charge in [0.1, 0.15) is 6.23 Å². The lowest BCUT2D eigenvalue weighted by molar-refractivity contribution is 0.165. The first-order valence-corrected chi connectivity index (χ1v) is 7.50. The van der Waals surface area contributed by atoms with Crippen LogP contribution >= 0.6 is 0 Å². The molecule has 1 aromatic rings. The molecule has 1 unspecified atom stereocenters. The van der Waals surface area contributed by atoms with E-state index in [1.165, 1.54) is 0 Å². The molecule has 0 bridgehead atoms. The third-order valence-electron chi connectivity index (χ3n) is 2.65. The molecular weight excluding hydrogens is 284 g/mol. The van der Waals surface area contributed by atoms with E-state index >= 15 is 0 Å². The number of aliphatic hydroxyl groups is 1. The molecule has 0 fully saturated rings. The normalized spacial score (nSPS) is 12.3. The molecule has 0 saturated carbocycles. The lowest BCUT2D eigenvalue weighted by Gasteiger charge is -2.28. The van der Waals surface area contributed by atoms with Crippen LogP contribution in [-0.2, 0) is 10.4 Å². The number of nitrogens with two attached hydrogens (primary N) is 1. The van der Waals surface area contributed by atoms with E-state index < -0.39 is 16.6 Å². The SMILES string of the molecule is CCC(O)N(CC)c1ccc(N)c(C)c1.O=S(=O)(O)O. The van der Waals surface area contributed by atoms with Crippen LogP contribution in [0.3, 0.4) is 0 Å². The number of nitrogens with zero attached hydrogens (tertiary/aromatic N) is 1. The number of hydrogen-bond acceptors (Lipinski definition) is 5. The van der Waals surface area contributed by atoms with Gasteiger partial charge in [0.05, 0.1) is 0 Å². The Balaban J connectivity index is 0.000000621. The molecule has 0 aliphatic rings. The molecule has 1 atom stereocenters. The van der Waals surface area contributed by atoms with E-state index in [-0.39, 0.29) is 0 Å². The second-order valence-corrected chi connectivity index (χ2v) is 5.06. The molecule has 8 heteroatoms. The van der Waals surface area contributed by atoms with Gasteiger partial charge >= 0.3 is 10.4 Å². The van der Waals surface area contributed by atoms with Crippen LogP contribution in [0.15, 0.2) is 18.2 Å². The number of nitrogen functional groups attached to an aromatic ring is 1. The third kappa shape index (κ3) is 7.29. The summed E-state index contributed by atoms with van der Waals surface area (Å²) in [5, 5.41) is 9.83. The first kappa shape index (κ1) is 18.7. The minimum atomic E-state index is -4.67. The van der Waals surface area contributed by atoms with Gasteiger partial charge in [-0.2, -0.15) is 8.42 Å². The molecule has 0 aromatic heterocycles. The van der Waals surface area contributed by atoms with E-state index in [0.717, 1.165) is 29.9 Å². The summed E-state index contributed by atoms with van der Waals surface area (Å²) in [6.45, 7) is 6.77. The summed E-state index contributed by atoms with van der Waals surface area (Å²) in [4.78, 5) is 1.96. The Morgan fingerprint density at radius 2 is 1.80 bits per heavy atom. The summed E-state index contributed by atoms with van der Waals surface area (Å²) < 4.78 is 31.6. The van der Waals surface area contributed by atoms with E-state index in [9.17, 15) is 5.11 Å². The van der Waals surface area contributed by atoms with Crippen molar-refractivity contribution in [3.05, 3.63) is 23.8 Å². The smallest absolute Gasteiger partial charge is 0.394 e. The average Bonchev–Trinajstić information content (AvgIpc) is 2.32. The van der Waals surface area contributed by atoms with Crippen LogP contribution in [0, 0.1) is 6.92 Å². The second-order valence-electron chi connectivity index (χ2n) is 4.16. The van der Waals surface area contributed by atoms with Gasteiger partial charge in [-0.1, -0.05) is 6.92 Å². The maximum absolute atomic E-state index is 9.83. The van der Waals surface area contributed by atoms with Crippen molar-refractivity contribution < 1.29 is 22.6 Å². The van der Waals surface area contributed by atoms with Gasteiger partial charge in [0.15, 0.2) is 0 Å². The quantitative estimate of drug-likeness (QED) is 0.377. The molecule has 0 radical (unpaired) electrons. The highest BCUT2D eigenvalue weighted by atomic mass is 32.3. The van der Waals surface area contributed by atoms with Crippen LogP contribution in [0.25, 0.3) is 0 Å². The zero-order valence-corrected chi connectivity index (χ0v) is 12.6. The summed E-state index contributed by atoms with van der Waals surface area (Å²) in [6.07, 6.45) is 0.301. The Morgan fingerprint density at radius 3 is 2.15 bits per heavy atom. The highest BCUT2D eigenvalue weighted by Gasteiger charge is 2.12. The van der Waals surface area contributed by atoms with Crippen molar-refractivity contribution in [2.45, 2.75) is 33.4 Å². The van der Waals surface area contributed by atoms with Gasteiger partial charge in [0, 0.05) is 17.9 Å². The third-order valence-corrected chi connectivity index (χ3v) is 2.65. The number of benzene rings is 1. The summed E-state index contributed by atoms with van der Waals surface area (Å²) in [7, 11) is -4.67. The predicted octanol–water partition coefficient (Wildman–Crippen LogP) is 1.48. The van der Waals surface area contributed by atoms with Gasteiger partial charge in [-0.05, 0) is 44.0 Å². The number of rotatable bonds is 4. The summed E-state index contributed by atoms with van der Waals surface area (Å²) in [5.74, 6) is 0. The number of anilines is 2. The topological polar surface area (TPSA) is 124 Å². The largest absolute Gasteiger partial charge is 0.399 e. The highest BCUT2D eigenvalue weighted by Crippen LogP contribution is 2.22. The molecule has 0 amide bonds. The number of hydrogen-bond donors (Lipinski definition) is 4. The van der Waals surface area contributed by atoms with Crippen molar-refractivity contribution in [1.29, 1.82) is 0 Å². The summed E-state index contributed by atoms with van der Waals surface area (Å²) in [6, 6.07) is 5.85. The Bertz CT molecular complexity index is 511. The minimum absolute atomic E-state index is 0.418. The number of aliphatic hydroxyl groups excluding tert-OH is 1. The molecule has 5 N–H and O–H groups in total. The fraction of sp³-hybridized carbons (Fsp3) is 0.500. The van der Waals surface area contributed by atoms with Crippen LogP contribution < -0.4 is 10.6 Å². The van der Waals surface area contributed by atoms with E-state index in [0.29, 0.717) is 0 Å². The Morgan fingerprint density at radius 1 is 1.30 bits per heavy atom. The lowest BCUT2D eigenvalue weighted by atomic mass is 10.1. The van der Waals surface area contributed by atoms with Gasteiger partial charge < -0.3 is 15.7 Å². The van der Waals surface area contributed by atoms with Crippen LogP contribution in [0.4, 0.5) is 11.4 Å². The fourth-order valence-electron chi connectivity index (χ4n) is 1.62. The van der Waals surface area contributed by atoms with Crippen molar-refractivity contribution >= 4 is 21.8 Å². The summed E-state index contributed by atoms with van der Waals surface area (Å²) in [5.41, 5.74) is 8.63. The van der Waals surface area contributed by atoms with E-state index in [1.54, 1.807) is 0 Å². The second kappa shape index (κ2) is 8.05. The molecule has 0 aliphatic heterocycles. The van der Waals surface area contributed by atoms with Crippen molar-refractivity contribution in [1.82, 2.24) is 0 Å². The summed E-state index contributed by atoms with van der Waals surface area (Å²) >= 11 is 0. The Kier molecular flexibility index (Phi) is 7.51. The van der Waals surface area contributed by atoms with Crippen LogP contribution in [0.2, 0.25) is 0 Å². The van der Waals surface area contributed by atoms with Crippen LogP contribution in [0.1, 0.15) is 25.8 Å². The van der Waals surface area contributed by atoms with Gasteiger partial charge in [0.25, 0.3) is 0 Å². The zero-order chi connectivity index (χ0) is 15.9. The first-order valence-electron chi connectivity index (χ1n) is 6.10. The van der Waals surface area contributed by atoms with E-state index in [1.807, 2.05) is 43.9 Å². The Labute approximate surface area is 119 Å². The molecule has 1 aromatic carbocycles. The van der Waals surface area contributed by atoms with Gasteiger partial charge in [-0.15, -0.1) is 0 Å². The molecule has 1 rings (SSSR count). The zero-order valence-electron chi connectivity index (χ0n) is 11.8. The molecule has 0 saturated heterocycles. The van der Waals surface area contributed by atoms with Crippen molar-refractivity contribution in [3.63, 3.8) is 0 Å². The van der Waals surface area contributed by atoms with Crippen molar-refractivity contribution in [2.24, 2.45) is 0 Å². The number of aryl methyl sites for hydroxylation is 1. The molecule has 20 heavy (non-hydrogen) atoms. The van der Waals surface area contributed by atoms with Crippen molar-refractivity contribution in [3.8, 4) is 0 Å². The maximum Gasteiger partial charge on any atom is 0.394 e. The minimum Gasteiger partial charge on any atom is -0.399 e. The molecule has 0 heterocycles. The van der Waals surface area contributed by atoms with Crippen LogP contribution in [-0.4, -0.2) is 35.4 Å². The van der Waals surface area contributed by atoms with E-state index in [2.05, 4.69) is 0 Å². The maximum atomic E-state index is 9.83. The molecule has 116 valence electrons. The van der Waals surface area contributed by atoms with Gasteiger partial charge in [-0.25, -0.2) is 0 Å². The van der Waals surface area contributed by atoms with Gasteiger partial charge in [0.2, 0.25) is 0 Å². The molecule has 0 spiro atoms.